The standard InChI is InChI=1S/C14H20N2OS/c1-11(18(2)17)6-8-15-10-13-5-3-4-12-7-9-16-14(12)13/h3-5,7,9,11,15-16H,6,8,10H2,1-2H3. The predicted octanol–water partition coefficient (Wildman–Crippen LogP) is 2.41. The van der Waals surface area contributed by atoms with Gasteiger partial charge in [-0.05, 0) is 30.0 Å². The molecule has 18 heavy (non-hydrogen) atoms. The molecule has 2 aromatic rings. The summed E-state index contributed by atoms with van der Waals surface area (Å²) in [4.78, 5) is 3.27. The third-order valence-corrected chi connectivity index (χ3v) is 4.65. The molecule has 0 spiro atoms. The molecule has 0 aliphatic carbocycles. The number of fused-ring (bicyclic) bond motifs is 1. The van der Waals surface area contributed by atoms with Gasteiger partial charge in [-0.15, -0.1) is 0 Å². The SMILES string of the molecule is CC(CCNCc1cccc2cc[nH]c12)S(C)=O. The Hall–Kier alpha value is -1.13. The van der Waals surface area contributed by atoms with Crippen molar-refractivity contribution in [2.45, 2.75) is 25.1 Å². The van der Waals surface area contributed by atoms with Gasteiger partial charge >= 0.3 is 0 Å². The molecule has 0 aliphatic rings. The Bertz CT molecular complexity index is 535. The number of aromatic nitrogens is 1. The van der Waals surface area contributed by atoms with E-state index in [4.69, 9.17) is 0 Å². The zero-order valence-corrected chi connectivity index (χ0v) is 11.7. The summed E-state index contributed by atoms with van der Waals surface area (Å²) in [6.07, 6.45) is 4.69. The molecular formula is C14H20N2OS. The second-order valence-corrected chi connectivity index (χ2v) is 6.44. The molecule has 0 saturated carbocycles. The summed E-state index contributed by atoms with van der Waals surface area (Å²) in [6.45, 7) is 3.78. The van der Waals surface area contributed by atoms with Crippen LogP contribution in [0.2, 0.25) is 0 Å². The smallest absolute Gasteiger partial charge is 0.0499 e. The van der Waals surface area contributed by atoms with Gasteiger partial charge in [0.05, 0.1) is 0 Å². The lowest BCUT2D eigenvalue weighted by molar-refractivity contribution is 0.630. The molecule has 2 N–H and O–H groups in total. The molecule has 0 amide bonds. The topological polar surface area (TPSA) is 44.9 Å². The summed E-state index contributed by atoms with van der Waals surface area (Å²) in [5.74, 6) is 0. The van der Waals surface area contributed by atoms with E-state index in [2.05, 4.69) is 34.6 Å². The summed E-state index contributed by atoms with van der Waals surface area (Å²) in [5, 5.41) is 4.93. The lowest BCUT2D eigenvalue weighted by Crippen LogP contribution is -2.21. The molecule has 0 saturated heterocycles. The quantitative estimate of drug-likeness (QED) is 0.787. The van der Waals surface area contributed by atoms with Crippen LogP contribution in [-0.4, -0.2) is 27.2 Å². The van der Waals surface area contributed by atoms with Gasteiger partial charge in [-0.2, -0.15) is 0 Å². The zero-order chi connectivity index (χ0) is 13.0. The van der Waals surface area contributed by atoms with Crippen molar-refractivity contribution in [2.24, 2.45) is 0 Å². The second kappa shape index (κ2) is 6.16. The van der Waals surface area contributed by atoms with Crippen molar-refractivity contribution in [1.29, 1.82) is 0 Å². The first-order valence-corrected chi connectivity index (χ1v) is 7.88. The predicted molar refractivity (Wildman–Crippen MR) is 78.2 cm³/mol. The molecule has 3 nitrogen and oxygen atoms in total. The maximum Gasteiger partial charge on any atom is 0.0499 e. The molecule has 0 aliphatic heterocycles. The Labute approximate surface area is 110 Å². The van der Waals surface area contributed by atoms with Crippen LogP contribution in [0.25, 0.3) is 10.9 Å². The van der Waals surface area contributed by atoms with Gasteiger partial charge in [0.1, 0.15) is 0 Å². The van der Waals surface area contributed by atoms with E-state index in [0.717, 1.165) is 19.5 Å². The number of hydrogen-bond acceptors (Lipinski definition) is 2. The monoisotopic (exact) mass is 264 g/mol. The van der Waals surface area contributed by atoms with Gasteiger partial charge in [0.25, 0.3) is 0 Å². The van der Waals surface area contributed by atoms with Gasteiger partial charge in [0, 0.05) is 40.6 Å². The first kappa shape index (κ1) is 13.3. The highest BCUT2D eigenvalue weighted by molar-refractivity contribution is 7.84. The van der Waals surface area contributed by atoms with Gasteiger partial charge in [-0.3, -0.25) is 4.21 Å². The van der Waals surface area contributed by atoms with E-state index in [9.17, 15) is 4.21 Å². The summed E-state index contributed by atoms with van der Waals surface area (Å²) in [6, 6.07) is 8.41. The van der Waals surface area contributed by atoms with Crippen molar-refractivity contribution in [1.82, 2.24) is 10.3 Å². The molecule has 0 radical (unpaired) electrons. The van der Waals surface area contributed by atoms with Gasteiger partial charge in [0.15, 0.2) is 0 Å². The maximum absolute atomic E-state index is 11.2. The van der Waals surface area contributed by atoms with Crippen LogP contribution in [0.1, 0.15) is 18.9 Å². The fraction of sp³-hybridized carbons (Fsp3) is 0.429. The van der Waals surface area contributed by atoms with Crippen LogP contribution < -0.4 is 5.32 Å². The average molecular weight is 264 g/mol. The third kappa shape index (κ3) is 3.21. The van der Waals surface area contributed by atoms with Crippen LogP contribution in [0, 0.1) is 0 Å². The van der Waals surface area contributed by atoms with Crippen LogP contribution >= 0.6 is 0 Å². The minimum absolute atomic E-state index is 0.263. The Morgan fingerprint density at radius 1 is 1.39 bits per heavy atom. The van der Waals surface area contributed by atoms with Crippen LogP contribution in [0.4, 0.5) is 0 Å². The van der Waals surface area contributed by atoms with Crippen LogP contribution in [-0.2, 0) is 17.3 Å². The van der Waals surface area contributed by atoms with Crippen molar-refractivity contribution in [3.63, 3.8) is 0 Å². The molecule has 2 atom stereocenters. The Balaban J connectivity index is 1.87. The molecule has 1 aromatic heterocycles. The number of para-hydroxylation sites is 1. The number of benzene rings is 1. The first-order chi connectivity index (χ1) is 8.68. The molecule has 0 fully saturated rings. The van der Waals surface area contributed by atoms with Crippen LogP contribution in [0.3, 0.4) is 0 Å². The third-order valence-electron chi connectivity index (χ3n) is 3.28. The summed E-state index contributed by atoms with van der Waals surface area (Å²) < 4.78 is 11.2. The second-order valence-electron chi connectivity index (χ2n) is 4.63. The van der Waals surface area contributed by atoms with E-state index < -0.39 is 10.8 Å². The normalized spacial score (nSPS) is 14.8. The molecule has 98 valence electrons. The molecule has 1 aromatic carbocycles. The van der Waals surface area contributed by atoms with Gasteiger partial charge in [0.2, 0.25) is 0 Å². The molecule has 1 heterocycles. The summed E-state index contributed by atoms with van der Waals surface area (Å²) >= 11 is 0. The molecule has 2 rings (SSSR count). The molecular weight excluding hydrogens is 244 g/mol. The summed E-state index contributed by atoms with van der Waals surface area (Å²) in [5.41, 5.74) is 2.49. The number of hydrogen-bond donors (Lipinski definition) is 2. The molecule has 4 heteroatoms. The lowest BCUT2D eigenvalue weighted by atomic mass is 10.1. The fourth-order valence-corrected chi connectivity index (χ4v) is 2.44. The number of aromatic amines is 1. The first-order valence-electron chi connectivity index (χ1n) is 6.26. The Kier molecular flexibility index (Phi) is 4.55. The van der Waals surface area contributed by atoms with Crippen LogP contribution in [0.5, 0.6) is 0 Å². The van der Waals surface area contributed by atoms with Gasteiger partial charge < -0.3 is 10.3 Å². The lowest BCUT2D eigenvalue weighted by Gasteiger charge is -2.09. The van der Waals surface area contributed by atoms with Gasteiger partial charge in [-0.1, -0.05) is 25.1 Å². The highest BCUT2D eigenvalue weighted by atomic mass is 32.2. The van der Waals surface area contributed by atoms with Crippen molar-refractivity contribution < 1.29 is 4.21 Å². The summed E-state index contributed by atoms with van der Waals surface area (Å²) in [7, 11) is -0.720. The van der Waals surface area contributed by atoms with Gasteiger partial charge in [-0.25, -0.2) is 0 Å². The average Bonchev–Trinajstić information content (AvgIpc) is 2.83. The van der Waals surface area contributed by atoms with E-state index in [1.165, 1.54) is 16.5 Å². The van der Waals surface area contributed by atoms with Crippen molar-refractivity contribution in [3.8, 4) is 0 Å². The molecule has 0 bridgehead atoms. The van der Waals surface area contributed by atoms with Crippen LogP contribution in [0.15, 0.2) is 30.5 Å². The molecule has 2 unspecified atom stereocenters. The van der Waals surface area contributed by atoms with E-state index in [1.54, 1.807) is 6.26 Å². The fourth-order valence-electron chi connectivity index (χ4n) is 1.99. The minimum atomic E-state index is -0.720. The highest BCUT2D eigenvalue weighted by Crippen LogP contribution is 2.16. The largest absolute Gasteiger partial charge is 0.361 e. The van der Waals surface area contributed by atoms with Crippen molar-refractivity contribution in [3.05, 3.63) is 36.0 Å². The Morgan fingerprint density at radius 3 is 3.00 bits per heavy atom. The van der Waals surface area contributed by atoms with Crippen molar-refractivity contribution in [2.75, 3.05) is 12.8 Å². The number of nitrogens with one attached hydrogen (secondary N) is 2. The Morgan fingerprint density at radius 2 is 2.22 bits per heavy atom. The highest BCUT2D eigenvalue weighted by Gasteiger charge is 2.05. The van der Waals surface area contributed by atoms with E-state index in [1.807, 2.05) is 13.1 Å². The zero-order valence-electron chi connectivity index (χ0n) is 10.9. The van der Waals surface area contributed by atoms with E-state index in [0.29, 0.717) is 0 Å². The van der Waals surface area contributed by atoms with Crippen molar-refractivity contribution >= 4 is 21.7 Å². The minimum Gasteiger partial charge on any atom is -0.361 e. The number of H-pyrrole nitrogens is 1. The number of rotatable bonds is 6. The van der Waals surface area contributed by atoms with E-state index >= 15 is 0 Å². The maximum atomic E-state index is 11.2. The van der Waals surface area contributed by atoms with E-state index in [-0.39, 0.29) is 5.25 Å².